The van der Waals surface area contributed by atoms with Crippen molar-refractivity contribution in [2.24, 2.45) is 5.92 Å². The normalized spacial score (nSPS) is 15.7. The number of amides is 1. The van der Waals surface area contributed by atoms with Crippen LogP contribution in [0, 0.1) is 5.92 Å². The molecule has 2 heterocycles. The van der Waals surface area contributed by atoms with Gasteiger partial charge < -0.3 is 4.90 Å². The van der Waals surface area contributed by atoms with Crippen molar-refractivity contribution in [1.29, 1.82) is 0 Å². The smallest absolute Gasteiger partial charge is 0.222 e. The summed E-state index contributed by atoms with van der Waals surface area (Å²) >= 11 is 0. The topological polar surface area (TPSA) is 41.4 Å². The molecule has 0 atom stereocenters. The molecular formula is C20H28N4O. The Morgan fingerprint density at radius 1 is 1.12 bits per heavy atom. The summed E-state index contributed by atoms with van der Waals surface area (Å²) in [5.41, 5.74) is 2.15. The van der Waals surface area contributed by atoms with Crippen LogP contribution in [-0.2, 0) is 11.2 Å². The maximum Gasteiger partial charge on any atom is 0.222 e. The lowest BCUT2D eigenvalue weighted by Crippen LogP contribution is -2.49. The van der Waals surface area contributed by atoms with Gasteiger partial charge in [-0.25, -0.2) is 4.68 Å². The molecular weight excluding hydrogens is 312 g/mol. The number of rotatable bonds is 6. The van der Waals surface area contributed by atoms with Gasteiger partial charge in [-0.15, -0.1) is 0 Å². The molecule has 1 fully saturated rings. The molecule has 1 aromatic carbocycles. The summed E-state index contributed by atoms with van der Waals surface area (Å²) in [6.45, 7) is 9.32. The fraction of sp³-hybridized carbons (Fsp3) is 0.500. The Morgan fingerprint density at radius 2 is 1.84 bits per heavy atom. The standard InChI is InChI=1S/C20H28N4O/c1-17(2)15-22-10-12-23(13-11-22)20(25)9-8-18-14-21-24(16-18)19-6-4-3-5-7-19/h3-7,14,16-17H,8-13,15H2,1-2H3. The highest BCUT2D eigenvalue weighted by Crippen LogP contribution is 2.11. The van der Waals surface area contributed by atoms with E-state index in [9.17, 15) is 4.79 Å². The number of carbonyl (C=O) groups is 1. The zero-order chi connectivity index (χ0) is 17.6. The van der Waals surface area contributed by atoms with Crippen molar-refractivity contribution in [3.63, 3.8) is 0 Å². The van der Waals surface area contributed by atoms with E-state index >= 15 is 0 Å². The lowest BCUT2D eigenvalue weighted by molar-refractivity contribution is -0.132. The first kappa shape index (κ1) is 17.7. The van der Waals surface area contributed by atoms with Crippen molar-refractivity contribution < 1.29 is 4.79 Å². The second-order valence-electron chi connectivity index (χ2n) is 7.20. The van der Waals surface area contributed by atoms with Crippen LogP contribution in [0.15, 0.2) is 42.7 Å². The van der Waals surface area contributed by atoms with Crippen molar-refractivity contribution in [2.75, 3.05) is 32.7 Å². The van der Waals surface area contributed by atoms with Crippen LogP contribution < -0.4 is 0 Å². The molecule has 1 aliphatic rings. The first-order valence-electron chi connectivity index (χ1n) is 9.21. The van der Waals surface area contributed by atoms with Gasteiger partial charge in [0.2, 0.25) is 5.91 Å². The fourth-order valence-corrected chi connectivity index (χ4v) is 3.32. The van der Waals surface area contributed by atoms with Gasteiger partial charge in [0.15, 0.2) is 0 Å². The molecule has 134 valence electrons. The van der Waals surface area contributed by atoms with Gasteiger partial charge in [-0.1, -0.05) is 32.0 Å². The van der Waals surface area contributed by atoms with Crippen LogP contribution in [0.2, 0.25) is 0 Å². The first-order valence-corrected chi connectivity index (χ1v) is 9.21. The SMILES string of the molecule is CC(C)CN1CCN(C(=O)CCc2cnn(-c3ccccc3)c2)CC1. The average Bonchev–Trinajstić information content (AvgIpc) is 3.10. The molecule has 0 bridgehead atoms. The van der Waals surface area contributed by atoms with Crippen molar-refractivity contribution in [3.05, 3.63) is 48.3 Å². The minimum absolute atomic E-state index is 0.261. The van der Waals surface area contributed by atoms with Gasteiger partial charge in [0.25, 0.3) is 0 Å². The third kappa shape index (κ3) is 4.92. The highest BCUT2D eigenvalue weighted by molar-refractivity contribution is 5.76. The summed E-state index contributed by atoms with van der Waals surface area (Å²) in [7, 11) is 0. The third-order valence-electron chi connectivity index (χ3n) is 4.63. The van der Waals surface area contributed by atoms with E-state index < -0.39 is 0 Å². The molecule has 0 spiro atoms. The van der Waals surface area contributed by atoms with Crippen LogP contribution in [0.5, 0.6) is 0 Å². The van der Waals surface area contributed by atoms with Crippen LogP contribution in [0.4, 0.5) is 0 Å². The monoisotopic (exact) mass is 340 g/mol. The first-order chi connectivity index (χ1) is 12.1. The lowest BCUT2D eigenvalue weighted by Gasteiger charge is -2.35. The predicted octanol–water partition coefficient (Wildman–Crippen LogP) is 2.61. The minimum Gasteiger partial charge on any atom is -0.340 e. The Kier molecular flexibility index (Phi) is 5.87. The van der Waals surface area contributed by atoms with Crippen molar-refractivity contribution in [1.82, 2.24) is 19.6 Å². The molecule has 1 aromatic heterocycles. The van der Waals surface area contributed by atoms with E-state index in [4.69, 9.17) is 0 Å². The highest BCUT2D eigenvalue weighted by atomic mass is 16.2. The van der Waals surface area contributed by atoms with Gasteiger partial charge in [0.05, 0.1) is 11.9 Å². The molecule has 2 aromatic rings. The highest BCUT2D eigenvalue weighted by Gasteiger charge is 2.21. The number of aryl methyl sites for hydroxylation is 1. The van der Waals surface area contributed by atoms with Gasteiger partial charge in [0.1, 0.15) is 0 Å². The number of carbonyl (C=O) groups excluding carboxylic acids is 1. The zero-order valence-corrected chi connectivity index (χ0v) is 15.3. The van der Waals surface area contributed by atoms with Gasteiger partial charge in [0, 0.05) is 45.3 Å². The largest absolute Gasteiger partial charge is 0.340 e. The Morgan fingerprint density at radius 3 is 2.52 bits per heavy atom. The van der Waals surface area contributed by atoms with Crippen molar-refractivity contribution in [2.45, 2.75) is 26.7 Å². The zero-order valence-electron chi connectivity index (χ0n) is 15.3. The number of hydrogen-bond donors (Lipinski definition) is 0. The van der Waals surface area contributed by atoms with E-state index in [1.165, 1.54) is 0 Å². The molecule has 0 N–H and O–H groups in total. The Hall–Kier alpha value is -2.14. The molecule has 0 aliphatic carbocycles. The average molecular weight is 340 g/mol. The molecule has 0 radical (unpaired) electrons. The summed E-state index contributed by atoms with van der Waals surface area (Å²) in [5.74, 6) is 0.945. The lowest BCUT2D eigenvalue weighted by atomic mass is 10.1. The van der Waals surface area contributed by atoms with E-state index in [2.05, 4.69) is 23.8 Å². The summed E-state index contributed by atoms with van der Waals surface area (Å²) in [6.07, 6.45) is 5.19. The Bertz CT molecular complexity index is 672. The summed E-state index contributed by atoms with van der Waals surface area (Å²) in [6, 6.07) is 10.0. The van der Waals surface area contributed by atoms with Crippen molar-refractivity contribution in [3.8, 4) is 5.69 Å². The quantitative estimate of drug-likeness (QED) is 0.812. The number of benzene rings is 1. The number of nitrogens with zero attached hydrogens (tertiary/aromatic N) is 4. The fourth-order valence-electron chi connectivity index (χ4n) is 3.32. The number of para-hydroxylation sites is 1. The van der Waals surface area contributed by atoms with Gasteiger partial charge in [-0.05, 0) is 30.0 Å². The molecule has 5 nitrogen and oxygen atoms in total. The third-order valence-corrected chi connectivity index (χ3v) is 4.63. The van der Waals surface area contributed by atoms with Crippen LogP contribution in [0.3, 0.4) is 0 Å². The van der Waals surface area contributed by atoms with E-state index in [1.54, 1.807) is 0 Å². The molecule has 0 saturated carbocycles. The molecule has 0 unspecified atom stereocenters. The van der Waals surface area contributed by atoms with E-state index in [0.717, 1.165) is 50.4 Å². The molecule has 1 saturated heterocycles. The van der Waals surface area contributed by atoms with Gasteiger partial charge >= 0.3 is 0 Å². The summed E-state index contributed by atoms with van der Waals surface area (Å²) in [5, 5.41) is 4.40. The second-order valence-corrected chi connectivity index (χ2v) is 7.20. The van der Waals surface area contributed by atoms with Crippen LogP contribution in [0.1, 0.15) is 25.8 Å². The Balaban J connectivity index is 1.46. The molecule has 3 rings (SSSR count). The van der Waals surface area contributed by atoms with Crippen LogP contribution >= 0.6 is 0 Å². The van der Waals surface area contributed by atoms with E-state index in [0.29, 0.717) is 12.3 Å². The van der Waals surface area contributed by atoms with Crippen LogP contribution in [-0.4, -0.2) is 58.2 Å². The second kappa shape index (κ2) is 8.30. The molecule has 1 aliphatic heterocycles. The molecule has 1 amide bonds. The van der Waals surface area contributed by atoms with Crippen molar-refractivity contribution >= 4 is 5.91 Å². The molecule has 5 heteroatoms. The molecule has 25 heavy (non-hydrogen) atoms. The Labute approximate surface area is 150 Å². The van der Waals surface area contributed by atoms with Gasteiger partial charge in [-0.3, -0.25) is 9.69 Å². The summed E-state index contributed by atoms with van der Waals surface area (Å²) in [4.78, 5) is 16.9. The van der Waals surface area contributed by atoms with Gasteiger partial charge in [-0.2, -0.15) is 5.10 Å². The number of hydrogen-bond acceptors (Lipinski definition) is 3. The van der Waals surface area contributed by atoms with E-state index in [-0.39, 0.29) is 5.91 Å². The maximum absolute atomic E-state index is 12.5. The predicted molar refractivity (Wildman–Crippen MR) is 99.7 cm³/mol. The van der Waals surface area contributed by atoms with Crippen LogP contribution in [0.25, 0.3) is 5.69 Å². The number of piperazine rings is 1. The summed E-state index contributed by atoms with van der Waals surface area (Å²) < 4.78 is 1.87. The van der Waals surface area contributed by atoms with E-state index in [1.807, 2.05) is 52.3 Å². The maximum atomic E-state index is 12.5. The minimum atomic E-state index is 0.261. The number of aromatic nitrogens is 2.